The summed E-state index contributed by atoms with van der Waals surface area (Å²) < 4.78 is 85.9. The number of sulfonamides is 1. The van der Waals surface area contributed by atoms with Crippen LogP contribution in [0, 0.1) is 11.2 Å². The van der Waals surface area contributed by atoms with Gasteiger partial charge in [0.05, 0.1) is 10.3 Å². The Balaban J connectivity index is 1.94. The van der Waals surface area contributed by atoms with Crippen molar-refractivity contribution >= 4 is 32.5 Å². The highest BCUT2D eigenvalue weighted by Gasteiger charge is 2.47. The first-order valence-electron chi connectivity index (χ1n) is 10.7. The number of alkyl halides is 3. The lowest BCUT2D eigenvalue weighted by atomic mass is 9.96. The molecule has 2 aromatic heterocycles. The highest BCUT2D eigenvalue weighted by molar-refractivity contribution is 7.90. The van der Waals surface area contributed by atoms with Gasteiger partial charge in [-0.05, 0) is 36.5 Å². The van der Waals surface area contributed by atoms with Crippen LogP contribution < -0.4 is 4.72 Å². The molecule has 1 saturated carbocycles. The van der Waals surface area contributed by atoms with E-state index in [0.29, 0.717) is 30.5 Å². The summed E-state index contributed by atoms with van der Waals surface area (Å²) in [4.78, 5) is 3.89. The monoisotopic (exact) mass is 517 g/mol. The first-order chi connectivity index (χ1) is 15.7. The molecule has 1 fully saturated rings. The molecule has 1 atom stereocenters. The maximum atomic E-state index is 15.2. The van der Waals surface area contributed by atoms with Gasteiger partial charge in [0.25, 0.3) is 0 Å². The maximum absolute atomic E-state index is 15.2. The summed E-state index contributed by atoms with van der Waals surface area (Å²) >= 11 is 6.19. The third kappa shape index (κ3) is 5.08. The SMILES string of the molecule is CC(C)(C)Cn1cc([C@H](NS(=O)(=O)C2CC2)C(F)(F)F)c2cc(F)c(-c3ccncc3Cl)cc21. The molecule has 184 valence electrons. The van der Waals surface area contributed by atoms with E-state index in [-0.39, 0.29) is 27.0 Å². The van der Waals surface area contributed by atoms with Crippen LogP contribution in [0.2, 0.25) is 5.02 Å². The minimum atomic E-state index is -4.92. The lowest BCUT2D eigenvalue weighted by Gasteiger charge is -2.22. The molecule has 1 N–H and O–H groups in total. The number of fused-ring (bicyclic) bond motifs is 1. The Morgan fingerprint density at radius 1 is 1.21 bits per heavy atom. The largest absolute Gasteiger partial charge is 0.408 e. The Hall–Kier alpha value is -2.17. The van der Waals surface area contributed by atoms with E-state index in [4.69, 9.17) is 11.6 Å². The fourth-order valence-electron chi connectivity index (χ4n) is 3.96. The van der Waals surface area contributed by atoms with Gasteiger partial charge in [0, 0.05) is 52.7 Å². The Bertz CT molecular complexity index is 1340. The molecule has 3 aromatic rings. The van der Waals surface area contributed by atoms with Crippen molar-refractivity contribution in [2.24, 2.45) is 5.41 Å². The molecule has 2 heterocycles. The van der Waals surface area contributed by atoms with Gasteiger partial charge < -0.3 is 4.57 Å². The second kappa shape index (κ2) is 8.49. The quantitative estimate of drug-likeness (QED) is 0.394. The van der Waals surface area contributed by atoms with Gasteiger partial charge in [0.1, 0.15) is 11.9 Å². The van der Waals surface area contributed by atoms with Crippen LogP contribution in [0.5, 0.6) is 0 Å². The predicted octanol–water partition coefficient (Wildman–Crippen LogP) is 6.23. The molecule has 0 aliphatic heterocycles. The molecule has 1 aromatic carbocycles. The number of halogens is 5. The number of nitrogens with one attached hydrogen (secondary N) is 1. The summed E-state index contributed by atoms with van der Waals surface area (Å²) in [5.41, 5.74) is 0.133. The second-order valence-corrected chi connectivity index (χ2v) is 12.2. The normalized spacial score (nSPS) is 16.2. The first-order valence-corrected chi connectivity index (χ1v) is 12.6. The van der Waals surface area contributed by atoms with Gasteiger partial charge in [-0.1, -0.05) is 32.4 Å². The van der Waals surface area contributed by atoms with Crippen molar-refractivity contribution in [2.75, 3.05) is 0 Å². The van der Waals surface area contributed by atoms with E-state index >= 15 is 4.39 Å². The van der Waals surface area contributed by atoms with E-state index in [1.165, 1.54) is 30.7 Å². The summed E-state index contributed by atoms with van der Waals surface area (Å²) in [6.07, 6.45) is -0.233. The minimum Gasteiger partial charge on any atom is -0.347 e. The lowest BCUT2D eigenvalue weighted by Crippen LogP contribution is -2.39. The molecular formula is C23H24ClF4N3O2S. The molecule has 0 bridgehead atoms. The predicted molar refractivity (Wildman–Crippen MR) is 123 cm³/mol. The van der Waals surface area contributed by atoms with Crippen molar-refractivity contribution in [3.05, 3.63) is 53.2 Å². The fraction of sp³-hybridized carbons (Fsp3) is 0.435. The van der Waals surface area contributed by atoms with E-state index in [0.717, 1.165) is 6.07 Å². The topological polar surface area (TPSA) is 64.0 Å². The number of hydrogen-bond acceptors (Lipinski definition) is 3. The van der Waals surface area contributed by atoms with Gasteiger partial charge in [-0.2, -0.15) is 17.9 Å². The average molecular weight is 518 g/mol. The van der Waals surface area contributed by atoms with Crippen molar-refractivity contribution in [2.45, 2.75) is 57.6 Å². The summed E-state index contributed by atoms with van der Waals surface area (Å²) in [7, 11) is -4.18. The molecule has 0 radical (unpaired) electrons. The van der Waals surface area contributed by atoms with Gasteiger partial charge in [0.15, 0.2) is 0 Å². The molecule has 0 saturated heterocycles. The molecule has 1 aliphatic rings. The average Bonchev–Trinajstić information content (AvgIpc) is 3.50. The zero-order valence-electron chi connectivity index (χ0n) is 18.7. The summed E-state index contributed by atoms with van der Waals surface area (Å²) in [6, 6.07) is 1.48. The van der Waals surface area contributed by atoms with E-state index in [1.807, 2.05) is 25.5 Å². The number of aromatic nitrogens is 2. The van der Waals surface area contributed by atoms with Crippen LogP contribution in [0.15, 0.2) is 36.8 Å². The van der Waals surface area contributed by atoms with Gasteiger partial charge in [-0.25, -0.2) is 12.8 Å². The molecule has 0 amide bonds. The van der Waals surface area contributed by atoms with Crippen molar-refractivity contribution in [3.63, 3.8) is 0 Å². The standard InChI is InChI=1S/C23H24ClF4N3O2S/c1-22(2,3)12-31-11-17(21(23(26,27)28)30-34(32,33)13-4-5-13)16-8-19(25)15(9-20(16)31)14-6-7-29-10-18(14)24/h6-11,13,21,30H,4-5,12H2,1-3H3/t21-/m0/s1. The second-order valence-electron chi connectivity index (χ2n) is 9.81. The summed E-state index contributed by atoms with van der Waals surface area (Å²) in [5, 5.41) is -0.658. The molecule has 0 unspecified atom stereocenters. The Morgan fingerprint density at radius 2 is 1.88 bits per heavy atom. The highest BCUT2D eigenvalue weighted by atomic mass is 35.5. The molecule has 1 aliphatic carbocycles. The van der Waals surface area contributed by atoms with Crippen LogP contribution in [-0.2, 0) is 16.6 Å². The van der Waals surface area contributed by atoms with Crippen LogP contribution in [0.3, 0.4) is 0 Å². The van der Waals surface area contributed by atoms with E-state index in [2.05, 4.69) is 4.98 Å². The number of pyridine rings is 1. The third-order valence-electron chi connectivity index (χ3n) is 5.59. The summed E-state index contributed by atoms with van der Waals surface area (Å²) in [5.74, 6) is -0.777. The number of rotatable bonds is 6. The van der Waals surface area contributed by atoms with Crippen molar-refractivity contribution in [1.82, 2.24) is 14.3 Å². The molecule has 5 nitrogen and oxygen atoms in total. The van der Waals surface area contributed by atoms with Crippen LogP contribution in [0.1, 0.15) is 45.2 Å². The molecule has 11 heteroatoms. The fourth-order valence-corrected chi connectivity index (χ4v) is 5.71. The smallest absolute Gasteiger partial charge is 0.347 e. The van der Waals surface area contributed by atoms with Crippen LogP contribution in [0.4, 0.5) is 17.6 Å². The van der Waals surface area contributed by atoms with Crippen molar-refractivity contribution in [1.29, 1.82) is 0 Å². The van der Waals surface area contributed by atoms with Crippen LogP contribution in [0.25, 0.3) is 22.0 Å². The van der Waals surface area contributed by atoms with E-state index in [1.54, 1.807) is 4.57 Å². The zero-order chi connectivity index (χ0) is 25.1. The number of nitrogens with zero attached hydrogens (tertiary/aromatic N) is 2. The maximum Gasteiger partial charge on any atom is 0.408 e. The Kier molecular flexibility index (Phi) is 6.23. The van der Waals surface area contributed by atoms with Crippen molar-refractivity contribution < 1.29 is 26.0 Å². The highest BCUT2D eigenvalue weighted by Crippen LogP contribution is 2.42. The number of benzene rings is 1. The molecular weight excluding hydrogens is 494 g/mol. The zero-order valence-corrected chi connectivity index (χ0v) is 20.3. The van der Waals surface area contributed by atoms with E-state index in [9.17, 15) is 21.6 Å². The van der Waals surface area contributed by atoms with Crippen LogP contribution >= 0.6 is 11.6 Å². The van der Waals surface area contributed by atoms with Gasteiger partial charge in [-0.3, -0.25) is 4.98 Å². The third-order valence-corrected chi connectivity index (χ3v) is 7.81. The van der Waals surface area contributed by atoms with E-state index < -0.39 is 33.3 Å². The van der Waals surface area contributed by atoms with Crippen LogP contribution in [-0.4, -0.2) is 29.4 Å². The Labute approximate surface area is 200 Å². The lowest BCUT2D eigenvalue weighted by molar-refractivity contribution is -0.152. The molecule has 4 rings (SSSR count). The first kappa shape index (κ1) is 24.9. The molecule has 0 spiro atoms. The van der Waals surface area contributed by atoms with Gasteiger partial charge in [-0.15, -0.1) is 0 Å². The number of hydrogen-bond donors (Lipinski definition) is 1. The molecule has 34 heavy (non-hydrogen) atoms. The summed E-state index contributed by atoms with van der Waals surface area (Å²) in [6.45, 7) is 6.07. The van der Waals surface area contributed by atoms with Gasteiger partial charge >= 0.3 is 6.18 Å². The minimum absolute atomic E-state index is 0.0171. The Morgan fingerprint density at radius 3 is 2.44 bits per heavy atom. The van der Waals surface area contributed by atoms with Crippen molar-refractivity contribution in [3.8, 4) is 11.1 Å². The van der Waals surface area contributed by atoms with Gasteiger partial charge in [0.2, 0.25) is 10.0 Å².